The Morgan fingerprint density at radius 3 is 2.45 bits per heavy atom. The lowest BCUT2D eigenvalue weighted by Crippen LogP contribution is -2.09. The minimum atomic E-state index is -1.80. The van der Waals surface area contributed by atoms with Gasteiger partial charge >= 0.3 is 5.97 Å². The summed E-state index contributed by atoms with van der Waals surface area (Å²) in [5, 5.41) is 8.39. The molecule has 38 heavy (non-hydrogen) atoms. The molecule has 3 heterocycles. The zero-order valence-corrected chi connectivity index (χ0v) is 23.0. The van der Waals surface area contributed by atoms with E-state index in [1.54, 1.807) is 17.6 Å². The molecule has 0 bridgehead atoms. The summed E-state index contributed by atoms with van der Waals surface area (Å²) in [5.41, 5.74) is 5.96. The van der Waals surface area contributed by atoms with Gasteiger partial charge in [0.25, 0.3) is 9.68 Å². The van der Waals surface area contributed by atoms with E-state index in [2.05, 4.69) is 38.9 Å². The molecule has 2 aromatic carbocycles. The second-order valence-electron chi connectivity index (χ2n) is 8.67. The van der Waals surface area contributed by atoms with Gasteiger partial charge in [0.05, 0.1) is 19.0 Å². The second kappa shape index (κ2) is 10.8. The molecule has 8 nitrogen and oxygen atoms in total. The Kier molecular flexibility index (Phi) is 7.47. The zero-order valence-electron chi connectivity index (χ0n) is 20.7. The number of nitrogens with zero attached hydrogens (tertiary/aromatic N) is 5. The van der Waals surface area contributed by atoms with Crippen molar-refractivity contribution in [2.45, 2.75) is 37.0 Å². The zero-order chi connectivity index (χ0) is 26.9. The van der Waals surface area contributed by atoms with Crippen LogP contribution in [-0.2, 0) is 21.5 Å². The number of carbonyl (C=O) groups excluding carboxylic acids is 1. The van der Waals surface area contributed by atoms with Gasteiger partial charge in [0, 0.05) is 17.8 Å². The number of imidazole rings is 1. The van der Waals surface area contributed by atoms with Crippen molar-refractivity contribution in [1.29, 1.82) is 0 Å². The maximum absolute atomic E-state index is 12.6. The van der Waals surface area contributed by atoms with E-state index in [0.29, 0.717) is 24.5 Å². The van der Waals surface area contributed by atoms with Crippen LogP contribution < -0.4 is 0 Å². The van der Waals surface area contributed by atoms with Gasteiger partial charge in [0.15, 0.2) is 5.65 Å². The van der Waals surface area contributed by atoms with E-state index in [1.165, 1.54) is 0 Å². The van der Waals surface area contributed by atoms with Crippen LogP contribution >= 0.6 is 34.8 Å². The monoisotopic (exact) mass is 571 g/mol. The minimum absolute atomic E-state index is 0.0920. The summed E-state index contributed by atoms with van der Waals surface area (Å²) in [6.45, 7) is 4.79. The van der Waals surface area contributed by atoms with E-state index < -0.39 is 3.79 Å². The number of hydrogen-bond donors (Lipinski definition) is 0. The minimum Gasteiger partial charge on any atom is -0.462 e. The molecule has 0 aliphatic carbocycles. The van der Waals surface area contributed by atoms with Crippen LogP contribution in [-0.4, -0.2) is 36.9 Å². The third kappa shape index (κ3) is 5.16. The number of rotatable bonds is 8. The fourth-order valence-corrected chi connectivity index (χ4v) is 4.63. The van der Waals surface area contributed by atoms with Gasteiger partial charge in [-0.15, -0.1) is 0 Å². The van der Waals surface area contributed by atoms with Crippen molar-refractivity contribution >= 4 is 46.4 Å². The normalized spacial score (nSPS) is 11.8. The van der Waals surface area contributed by atoms with Crippen molar-refractivity contribution in [1.82, 2.24) is 24.3 Å². The Morgan fingerprint density at radius 2 is 1.79 bits per heavy atom. The molecular formula is C27H24Cl3N5O3. The number of alkyl halides is 3. The van der Waals surface area contributed by atoms with E-state index in [1.807, 2.05) is 42.6 Å². The number of aromatic nitrogens is 5. The highest BCUT2D eigenvalue weighted by molar-refractivity contribution is 6.66. The molecule has 0 N–H and O–H groups in total. The molecule has 0 atom stereocenters. The van der Waals surface area contributed by atoms with Crippen LogP contribution in [0.4, 0.5) is 0 Å². The molecule has 0 radical (unpaired) electrons. The number of ether oxygens (including phenoxy) is 1. The molecule has 5 rings (SSSR count). The molecule has 0 amide bonds. The van der Waals surface area contributed by atoms with Gasteiger partial charge in [-0.1, -0.05) is 102 Å². The van der Waals surface area contributed by atoms with Gasteiger partial charge in [-0.3, -0.25) is 0 Å². The number of carbonyl (C=O) groups is 1. The maximum Gasteiger partial charge on any atom is 0.343 e. The standard InChI is InChI=1S/C27H24Cl3N5O3/c1-3-7-19-16-35-24(22(14-31-35)25(36)37-4-2)34(19)15-17-10-12-18(13-11-17)20-8-5-6-9-21(20)23-32-26(38-33-23)27(28,29)30/h5-6,8-14,16H,3-4,7,15H2,1-2H3. The average Bonchev–Trinajstić information content (AvgIpc) is 3.62. The number of aryl methyl sites for hydroxylation is 1. The third-order valence-corrected chi connectivity index (χ3v) is 6.57. The van der Waals surface area contributed by atoms with Crippen molar-refractivity contribution < 1.29 is 14.1 Å². The first kappa shape index (κ1) is 26.3. The van der Waals surface area contributed by atoms with Crippen LogP contribution in [0.15, 0.2) is 65.4 Å². The van der Waals surface area contributed by atoms with Crippen molar-refractivity contribution in [2.24, 2.45) is 0 Å². The van der Waals surface area contributed by atoms with Crippen molar-refractivity contribution in [3.05, 3.63) is 83.6 Å². The van der Waals surface area contributed by atoms with Gasteiger partial charge in [-0.05, 0) is 30.0 Å². The molecule has 0 aliphatic rings. The lowest BCUT2D eigenvalue weighted by atomic mass is 9.98. The summed E-state index contributed by atoms with van der Waals surface area (Å²) in [6.07, 6.45) is 5.36. The molecule has 0 fully saturated rings. The summed E-state index contributed by atoms with van der Waals surface area (Å²) in [7, 11) is 0. The lowest BCUT2D eigenvalue weighted by Gasteiger charge is -2.12. The van der Waals surface area contributed by atoms with E-state index in [0.717, 1.165) is 46.4 Å². The number of halogens is 3. The summed E-state index contributed by atoms with van der Waals surface area (Å²) in [4.78, 5) is 16.8. The van der Waals surface area contributed by atoms with Gasteiger partial charge in [-0.2, -0.15) is 10.1 Å². The molecule has 0 unspecified atom stereocenters. The Bertz CT molecular complexity index is 1580. The van der Waals surface area contributed by atoms with Gasteiger partial charge in [0.2, 0.25) is 5.82 Å². The molecule has 0 saturated carbocycles. The highest BCUT2D eigenvalue weighted by Crippen LogP contribution is 2.39. The third-order valence-electron chi connectivity index (χ3n) is 6.09. The molecule has 5 aromatic rings. The van der Waals surface area contributed by atoms with Gasteiger partial charge in [-0.25, -0.2) is 9.31 Å². The van der Waals surface area contributed by atoms with Crippen LogP contribution in [0.3, 0.4) is 0 Å². The summed E-state index contributed by atoms with van der Waals surface area (Å²) < 4.78 is 12.5. The van der Waals surface area contributed by atoms with Crippen molar-refractivity contribution in [3.8, 4) is 22.5 Å². The molecule has 0 aliphatic heterocycles. The Hall–Kier alpha value is -3.33. The number of benzene rings is 2. The average molecular weight is 573 g/mol. The fourth-order valence-electron chi connectivity index (χ4n) is 4.40. The first-order chi connectivity index (χ1) is 18.3. The van der Waals surface area contributed by atoms with Crippen molar-refractivity contribution in [2.75, 3.05) is 6.61 Å². The first-order valence-corrected chi connectivity index (χ1v) is 13.3. The van der Waals surface area contributed by atoms with E-state index in [4.69, 9.17) is 44.1 Å². The molecule has 3 aromatic heterocycles. The quantitative estimate of drug-likeness (QED) is 0.149. The van der Waals surface area contributed by atoms with E-state index >= 15 is 0 Å². The SMILES string of the molecule is CCCc1cn2ncc(C(=O)OCC)c2n1Cc1ccc(-c2ccccc2-c2noc(C(Cl)(Cl)Cl)n2)cc1. The molecule has 0 saturated heterocycles. The topological polar surface area (TPSA) is 87.5 Å². The van der Waals surface area contributed by atoms with Crippen LogP contribution in [0.1, 0.15) is 47.8 Å². The highest BCUT2D eigenvalue weighted by Gasteiger charge is 2.31. The van der Waals surface area contributed by atoms with Crippen LogP contribution in [0.2, 0.25) is 0 Å². The lowest BCUT2D eigenvalue weighted by molar-refractivity contribution is 0.0528. The number of fused-ring (bicyclic) bond motifs is 1. The predicted octanol–water partition coefficient (Wildman–Crippen LogP) is 6.86. The van der Waals surface area contributed by atoms with Gasteiger partial charge < -0.3 is 13.8 Å². The van der Waals surface area contributed by atoms with Gasteiger partial charge in [0.1, 0.15) is 5.56 Å². The fraction of sp³-hybridized carbons (Fsp3) is 0.259. The number of hydrogen-bond acceptors (Lipinski definition) is 6. The summed E-state index contributed by atoms with van der Waals surface area (Å²) in [6, 6.07) is 15.9. The molecular weight excluding hydrogens is 549 g/mol. The van der Waals surface area contributed by atoms with Crippen LogP contribution in [0, 0.1) is 0 Å². The van der Waals surface area contributed by atoms with Crippen molar-refractivity contribution in [3.63, 3.8) is 0 Å². The van der Waals surface area contributed by atoms with Crippen LogP contribution in [0.25, 0.3) is 28.2 Å². The second-order valence-corrected chi connectivity index (χ2v) is 10.9. The smallest absolute Gasteiger partial charge is 0.343 e. The highest BCUT2D eigenvalue weighted by atomic mass is 35.6. The Morgan fingerprint density at radius 1 is 1.05 bits per heavy atom. The molecule has 196 valence electrons. The predicted molar refractivity (Wildman–Crippen MR) is 147 cm³/mol. The molecule has 0 spiro atoms. The number of esters is 1. The van der Waals surface area contributed by atoms with E-state index in [-0.39, 0.29) is 11.9 Å². The van der Waals surface area contributed by atoms with Crippen LogP contribution in [0.5, 0.6) is 0 Å². The summed E-state index contributed by atoms with van der Waals surface area (Å²) >= 11 is 17.7. The largest absolute Gasteiger partial charge is 0.462 e. The summed E-state index contributed by atoms with van der Waals surface area (Å²) in [5.74, 6) is -0.140. The Labute approximate surface area is 234 Å². The maximum atomic E-state index is 12.6. The van der Waals surface area contributed by atoms with E-state index in [9.17, 15) is 4.79 Å². The first-order valence-electron chi connectivity index (χ1n) is 12.1. The molecule has 11 heteroatoms. The Balaban J connectivity index is 1.47.